The Labute approximate surface area is 99.8 Å². The van der Waals surface area contributed by atoms with E-state index in [1.54, 1.807) is 0 Å². The van der Waals surface area contributed by atoms with E-state index in [0.29, 0.717) is 0 Å². The van der Waals surface area contributed by atoms with E-state index in [1.165, 1.54) is 0 Å². The minimum absolute atomic E-state index is 0.0241. The second-order valence-corrected chi connectivity index (χ2v) is 3.93. The molecule has 0 heterocycles. The first-order chi connectivity index (χ1) is 7.27. The Morgan fingerprint density at radius 3 is 2.31 bits per heavy atom. The van der Waals surface area contributed by atoms with Crippen molar-refractivity contribution in [3.8, 4) is 0 Å². The maximum absolute atomic E-state index is 12.4. The summed E-state index contributed by atoms with van der Waals surface area (Å²) >= 11 is 11.3. The molecule has 0 aromatic heterocycles. The van der Waals surface area contributed by atoms with Gasteiger partial charge in [0.25, 0.3) is 0 Å². The Balaban J connectivity index is 3.33. The average molecular weight is 274 g/mol. The van der Waals surface area contributed by atoms with Gasteiger partial charge in [0, 0.05) is 0 Å². The number of rotatable bonds is 2. The third-order valence-electron chi connectivity index (χ3n) is 1.98. The minimum atomic E-state index is -4.53. The van der Waals surface area contributed by atoms with Crippen LogP contribution >= 0.6 is 23.2 Å². The molecule has 0 spiro atoms. The molecule has 3 N–H and O–H groups in total. The third-order valence-corrected chi connectivity index (χ3v) is 2.80. The summed E-state index contributed by atoms with van der Waals surface area (Å²) in [6.07, 6.45) is -4.53. The van der Waals surface area contributed by atoms with Crippen molar-refractivity contribution in [1.82, 2.24) is 0 Å². The molecule has 0 bridgehead atoms. The SMILES string of the molecule is N[C@H](CO)c1cc(C(F)(F)F)cc(Cl)c1Cl. The predicted molar refractivity (Wildman–Crippen MR) is 55.5 cm³/mol. The molecule has 0 saturated carbocycles. The first-order valence-electron chi connectivity index (χ1n) is 4.20. The summed E-state index contributed by atoms with van der Waals surface area (Å²) in [6, 6.07) is 0.513. The average Bonchev–Trinajstić information content (AvgIpc) is 2.19. The van der Waals surface area contributed by atoms with Crippen molar-refractivity contribution in [3.05, 3.63) is 33.3 Å². The second kappa shape index (κ2) is 4.79. The third kappa shape index (κ3) is 2.79. The standard InChI is InChI=1S/C9H8Cl2F3NO/c10-6-2-4(9(12,13)14)1-5(8(6)11)7(15)3-16/h1-2,7,16H,3,15H2/t7-/m1/s1. The van der Waals surface area contributed by atoms with Crippen LogP contribution < -0.4 is 5.73 Å². The molecule has 2 nitrogen and oxygen atoms in total. The van der Waals surface area contributed by atoms with Crippen LogP contribution in [0.3, 0.4) is 0 Å². The fourth-order valence-corrected chi connectivity index (χ4v) is 1.62. The molecule has 16 heavy (non-hydrogen) atoms. The van der Waals surface area contributed by atoms with Gasteiger partial charge in [-0.2, -0.15) is 13.2 Å². The van der Waals surface area contributed by atoms with Crippen LogP contribution in [0, 0.1) is 0 Å². The molecule has 7 heteroatoms. The van der Waals surface area contributed by atoms with Gasteiger partial charge < -0.3 is 10.8 Å². The molecule has 0 amide bonds. The van der Waals surface area contributed by atoms with Crippen LogP contribution in [0.2, 0.25) is 10.0 Å². The topological polar surface area (TPSA) is 46.2 Å². The molecule has 90 valence electrons. The Hall–Kier alpha value is -0.490. The number of hydrogen-bond donors (Lipinski definition) is 2. The van der Waals surface area contributed by atoms with E-state index >= 15 is 0 Å². The molecule has 1 rings (SSSR count). The van der Waals surface area contributed by atoms with Crippen LogP contribution in [0.5, 0.6) is 0 Å². The van der Waals surface area contributed by atoms with Gasteiger partial charge in [-0.05, 0) is 17.7 Å². The highest BCUT2D eigenvalue weighted by molar-refractivity contribution is 6.42. The lowest BCUT2D eigenvalue weighted by atomic mass is 10.0. The van der Waals surface area contributed by atoms with E-state index in [9.17, 15) is 13.2 Å². The van der Waals surface area contributed by atoms with Gasteiger partial charge in [0.1, 0.15) is 0 Å². The van der Waals surface area contributed by atoms with E-state index in [2.05, 4.69) is 0 Å². The molecule has 0 radical (unpaired) electrons. The Morgan fingerprint density at radius 1 is 1.31 bits per heavy atom. The zero-order chi connectivity index (χ0) is 12.5. The van der Waals surface area contributed by atoms with Crippen LogP contribution in [0.25, 0.3) is 0 Å². The van der Waals surface area contributed by atoms with Crippen molar-refractivity contribution in [1.29, 1.82) is 0 Å². The smallest absolute Gasteiger partial charge is 0.394 e. The quantitative estimate of drug-likeness (QED) is 0.870. The van der Waals surface area contributed by atoms with Crippen LogP contribution in [0.15, 0.2) is 12.1 Å². The number of aliphatic hydroxyl groups excluding tert-OH is 1. The summed E-state index contributed by atoms with van der Waals surface area (Å²) in [4.78, 5) is 0. The molecule has 0 aliphatic carbocycles. The number of nitrogens with two attached hydrogens (primary N) is 1. The Morgan fingerprint density at radius 2 is 1.88 bits per heavy atom. The zero-order valence-electron chi connectivity index (χ0n) is 7.85. The van der Waals surface area contributed by atoms with Crippen molar-refractivity contribution in [2.24, 2.45) is 5.73 Å². The molecular formula is C9H8Cl2F3NO. The van der Waals surface area contributed by atoms with Crippen LogP contribution in [-0.4, -0.2) is 11.7 Å². The van der Waals surface area contributed by atoms with Crippen LogP contribution in [-0.2, 0) is 6.18 Å². The normalized spacial score (nSPS) is 13.9. The van der Waals surface area contributed by atoms with Gasteiger partial charge in [-0.15, -0.1) is 0 Å². The van der Waals surface area contributed by atoms with Gasteiger partial charge in [0.05, 0.1) is 28.3 Å². The van der Waals surface area contributed by atoms with E-state index in [0.717, 1.165) is 12.1 Å². The van der Waals surface area contributed by atoms with Crippen LogP contribution in [0.4, 0.5) is 13.2 Å². The van der Waals surface area contributed by atoms with Crippen molar-refractivity contribution in [2.45, 2.75) is 12.2 Å². The highest BCUT2D eigenvalue weighted by Gasteiger charge is 2.32. The summed E-state index contributed by atoms with van der Waals surface area (Å²) in [5, 5.41) is 8.48. The zero-order valence-corrected chi connectivity index (χ0v) is 9.37. The minimum Gasteiger partial charge on any atom is -0.394 e. The van der Waals surface area contributed by atoms with E-state index in [1.807, 2.05) is 0 Å². The van der Waals surface area contributed by atoms with Crippen molar-refractivity contribution < 1.29 is 18.3 Å². The van der Waals surface area contributed by atoms with Crippen molar-refractivity contribution >= 4 is 23.2 Å². The van der Waals surface area contributed by atoms with E-state index in [4.69, 9.17) is 34.0 Å². The van der Waals surface area contributed by atoms with E-state index < -0.39 is 24.4 Å². The lowest BCUT2D eigenvalue weighted by Crippen LogP contribution is -2.16. The molecule has 0 fully saturated rings. The number of hydrogen-bond acceptors (Lipinski definition) is 2. The first-order valence-corrected chi connectivity index (χ1v) is 4.95. The summed E-state index contributed by atoms with van der Waals surface area (Å²) in [5.74, 6) is 0. The molecule has 0 aliphatic heterocycles. The van der Waals surface area contributed by atoms with Gasteiger partial charge in [0.2, 0.25) is 0 Å². The second-order valence-electron chi connectivity index (χ2n) is 3.15. The lowest BCUT2D eigenvalue weighted by Gasteiger charge is -2.15. The summed E-state index contributed by atoms with van der Waals surface area (Å²) in [5.41, 5.74) is 4.45. The van der Waals surface area contributed by atoms with Gasteiger partial charge >= 0.3 is 6.18 Å². The lowest BCUT2D eigenvalue weighted by molar-refractivity contribution is -0.137. The van der Waals surface area contributed by atoms with E-state index in [-0.39, 0.29) is 15.6 Å². The molecular weight excluding hydrogens is 266 g/mol. The molecule has 0 saturated heterocycles. The summed E-state index contributed by atoms with van der Waals surface area (Å²) in [7, 11) is 0. The van der Waals surface area contributed by atoms with Gasteiger partial charge in [0.15, 0.2) is 0 Å². The Kier molecular flexibility index (Phi) is 4.07. The molecule has 0 unspecified atom stereocenters. The summed E-state index contributed by atoms with van der Waals surface area (Å²) in [6.45, 7) is -0.517. The number of alkyl halides is 3. The highest BCUT2D eigenvalue weighted by atomic mass is 35.5. The largest absolute Gasteiger partial charge is 0.416 e. The van der Waals surface area contributed by atoms with Crippen molar-refractivity contribution in [3.63, 3.8) is 0 Å². The first kappa shape index (κ1) is 13.6. The molecule has 1 aromatic rings. The summed E-state index contributed by atoms with van der Waals surface area (Å²) < 4.78 is 37.3. The fourth-order valence-electron chi connectivity index (χ4n) is 1.14. The highest BCUT2D eigenvalue weighted by Crippen LogP contribution is 2.37. The molecule has 0 aliphatic rings. The van der Waals surface area contributed by atoms with Gasteiger partial charge in [-0.25, -0.2) is 0 Å². The monoisotopic (exact) mass is 273 g/mol. The van der Waals surface area contributed by atoms with Crippen molar-refractivity contribution in [2.75, 3.05) is 6.61 Å². The van der Waals surface area contributed by atoms with Gasteiger partial charge in [-0.3, -0.25) is 0 Å². The molecule has 1 aromatic carbocycles. The Bertz CT molecular complexity index is 395. The molecule has 1 atom stereocenters. The number of benzene rings is 1. The predicted octanol–water partition coefficient (Wildman–Crippen LogP) is 3.00. The van der Waals surface area contributed by atoms with Crippen LogP contribution in [0.1, 0.15) is 17.2 Å². The maximum atomic E-state index is 12.4. The fraction of sp³-hybridized carbons (Fsp3) is 0.333. The van der Waals surface area contributed by atoms with Gasteiger partial charge in [-0.1, -0.05) is 23.2 Å². The number of halogens is 5. The number of aliphatic hydroxyl groups is 1. The maximum Gasteiger partial charge on any atom is 0.416 e.